The van der Waals surface area contributed by atoms with Gasteiger partial charge in [0.2, 0.25) is 0 Å². The number of benzene rings is 1. The molecule has 1 rings (SSSR count). The molecule has 0 aliphatic rings. The second-order valence-electron chi connectivity index (χ2n) is 4.40. The van der Waals surface area contributed by atoms with Crippen LogP contribution in [-0.2, 0) is 0 Å². The van der Waals surface area contributed by atoms with Crippen LogP contribution in [-0.4, -0.2) is 17.1 Å². The van der Waals surface area contributed by atoms with Crippen molar-refractivity contribution in [2.75, 3.05) is 5.32 Å². The summed E-state index contributed by atoms with van der Waals surface area (Å²) in [5.41, 5.74) is 1.23. The first-order valence-corrected chi connectivity index (χ1v) is 6.54. The molecular formula is C13H18BrNO2. The molecular weight excluding hydrogens is 282 g/mol. The molecule has 1 aromatic rings. The Labute approximate surface area is 110 Å². The maximum atomic E-state index is 10.9. The minimum absolute atomic E-state index is 0.285. The summed E-state index contributed by atoms with van der Waals surface area (Å²) in [6, 6.07) is 5.63. The Morgan fingerprint density at radius 1 is 1.47 bits per heavy atom. The highest BCUT2D eigenvalue weighted by Crippen LogP contribution is 2.23. The topological polar surface area (TPSA) is 49.3 Å². The Bertz CT molecular complexity index is 404. The normalized spacial score (nSPS) is 12.5. The number of rotatable bonds is 5. The van der Waals surface area contributed by atoms with Gasteiger partial charge >= 0.3 is 5.97 Å². The minimum Gasteiger partial charge on any atom is -0.478 e. The van der Waals surface area contributed by atoms with Crippen molar-refractivity contribution in [2.24, 2.45) is 5.92 Å². The molecule has 0 radical (unpaired) electrons. The smallest absolute Gasteiger partial charge is 0.336 e. The zero-order valence-electron chi connectivity index (χ0n) is 10.3. The van der Waals surface area contributed by atoms with E-state index in [1.807, 2.05) is 6.07 Å². The fourth-order valence-corrected chi connectivity index (χ4v) is 2.28. The molecule has 0 bridgehead atoms. The number of carboxylic acid groups (broad SMARTS) is 1. The number of aromatic carboxylic acids is 1. The zero-order chi connectivity index (χ0) is 13.0. The highest BCUT2D eigenvalue weighted by molar-refractivity contribution is 9.10. The minimum atomic E-state index is -0.917. The van der Waals surface area contributed by atoms with E-state index in [2.05, 4.69) is 42.0 Å². The van der Waals surface area contributed by atoms with Crippen LogP contribution in [0.5, 0.6) is 0 Å². The number of hydrogen-bond acceptors (Lipinski definition) is 2. The molecule has 0 saturated carbocycles. The third-order valence-electron chi connectivity index (χ3n) is 2.80. The quantitative estimate of drug-likeness (QED) is 0.864. The van der Waals surface area contributed by atoms with Gasteiger partial charge in [0.1, 0.15) is 0 Å². The molecule has 0 heterocycles. The second kappa shape index (κ2) is 6.05. The van der Waals surface area contributed by atoms with E-state index in [0.29, 0.717) is 16.4 Å². The molecule has 0 aliphatic carbocycles. The van der Waals surface area contributed by atoms with E-state index in [4.69, 9.17) is 5.11 Å². The van der Waals surface area contributed by atoms with Gasteiger partial charge in [-0.25, -0.2) is 4.79 Å². The van der Waals surface area contributed by atoms with Crippen molar-refractivity contribution in [1.82, 2.24) is 0 Å². The Morgan fingerprint density at radius 3 is 2.53 bits per heavy atom. The molecule has 1 unspecified atom stereocenters. The lowest BCUT2D eigenvalue weighted by Gasteiger charge is -2.22. The Morgan fingerprint density at radius 2 is 2.12 bits per heavy atom. The van der Waals surface area contributed by atoms with Gasteiger partial charge in [-0.3, -0.25) is 0 Å². The van der Waals surface area contributed by atoms with Crippen molar-refractivity contribution in [3.63, 3.8) is 0 Å². The highest BCUT2D eigenvalue weighted by Gasteiger charge is 2.12. The fourth-order valence-electron chi connectivity index (χ4n) is 1.73. The summed E-state index contributed by atoms with van der Waals surface area (Å²) in [4.78, 5) is 10.9. The van der Waals surface area contributed by atoms with Crippen LogP contribution >= 0.6 is 15.9 Å². The van der Waals surface area contributed by atoms with Crippen LogP contribution in [0.4, 0.5) is 5.69 Å². The van der Waals surface area contributed by atoms with Crippen molar-refractivity contribution < 1.29 is 9.90 Å². The predicted octanol–water partition coefficient (Wildman–Crippen LogP) is 3.99. The molecule has 1 atom stereocenters. The number of halogens is 1. The van der Waals surface area contributed by atoms with Crippen molar-refractivity contribution in [3.05, 3.63) is 28.2 Å². The summed E-state index contributed by atoms with van der Waals surface area (Å²) in [5, 5.41) is 12.3. The SMILES string of the molecule is CCC(Nc1ccc(C(=O)O)c(Br)c1)C(C)C. The third-order valence-corrected chi connectivity index (χ3v) is 3.45. The molecule has 4 heteroatoms. The predicted molar refractivity (Wildman–Crippen MR) is 73.6 cm³/mol. The van der Waals surface area contributed by atoms with E-state index in [1.165, 1.54) is 0 Å². The van der Waals surface area contributed by atoms with E-state index in [9.17, 15) is 4.79 Å². The van der Waals surface area contributed by atoms with E-state index in [0.717, 1.165) is 12.1 Å². The molecule has 0 spiro atoms. The monoisotopic (exact) mass is 299 g/mol. The van der Waals surface area contributed by atoms with E-state index >= 15 is 0 Å². The number of hydrogen-bond donors (Lipinski definition) is 2. The van der Waals surface area contributed by atoms with Crippen molar-refractivity contribution in [2.45, 2.75) is 33.2 Å². The van der Waals surface area contributed by atoms with Crippen LogP contribution in [0.15, 0.2) is 22.7 Å². The van der Waals surface area contributed by atoms with E-state index < -0.39 is 5.97 Å². The van der Waals surface area contributed by atoms with Gasteiger partial charge in [0, 0.05) is 16.2 Å². The summed E-state index contributed by atoms with van der Waals surface area (Å²) in [7, 11) is 0. The third kappa shape index (κ3) is 3.73. The number of nitrogens with one attached hydrogen (secondary N) is 1. The van der Waals surface area contributed by atoms with Gasteiger partial charge < -0.3 is 10.4 Å². The number of carboxylic acids is 1. The summed E-state index contributed by atoms with van der Waals surface area (Å²) >= 11 is 3.28. The van der Waals surface area contributed by atoms with Crippen LogP contribution in [0, 0.1) is 5.92 Å². The standard InChI is InChI=1S/C13H18BrNO2/c1-4-12(8(2)3)15-9-5-6-10(13(16)17)11(14)7-9/h5-8,12,15H,4H2,1-3H3,(H,16,17). The molecule has 2 N–H and O–H groups in total. The summed E-state index contributed by atoms with van der Waals surface area (Å²) in [5.74, 6) is -0.378. The summed E-state index contributed by atoms with van der Waals surface area (Å²) in [6.45, 7) is 6.47. The maximum Gasteiger partial charge on any atom is 0.336 e. The van der Waals surface area contributed by atoms with Crippen LogP contribution in [0.2, 0.25) is 0 Å². The summed E-state index contributed by atoms with van der Waals surface area (Å²) in [6.07, 6.45) is 1.04. The van der Waals surface area contributed by atoms with Gasteiger partial charge in [-0.1, -0.05) is 20.8 Å². The van der Waals surface area contributed by atoms with Crippen LogP contribution in [0.1, 0.15) is 37.6 Å². The molecule has 1 aromatic carbocycles. The first-order valence-electron chi connectivity index (χ1n) is 5.75. The van der Waals surface area contributed by atoms with Crippen molar-refractivity contribution in [1.29, 1.82) is 0 Å². The molecule has 0 fully saturated rings. The molecule has 3 nitrogen and oxygen atoms in total. The maximum absolute atomic E-state index is 10.9. The van der Waals surface area contributed by atoms with Gasteiger partial charge in [0.25, 0.3) is 0 Å². The van der Waals surface area contributed by atoms with Gasteiger partial charge in [-0.05, 0) is 46.5 Å². The Balaban J connectivity index is 2.87. The number of carbonyl (C=O) groups is 1. The second-order valence-corrected chi connectivity index (χ2v) is 5.26. The number of anilines is 1. The Hall–Kier alpha value is -1.03. The van der Waals surface area contributed by atoms with Gasteiger partial charge in [0.05, 0.1) is 5.56 Å². The zero-order valence-corrected chi connectivity index (χ0v) is 11.9. The fraction of sp³-hybridized carbons (Fsp3) is 0.462. The van der Waals surface area contributed by atoms with Gasteiger partial charge in [-0.2, -0.15) is 0 Å². The lowest BCUT2D eigenvalue weighted by Crippen LogP contribution is -2.24. The average Bonchev–Trinajstić information content (AvgIpc) is 2.24. The lowest BCUT2D eigenvalue weighted by molar-refractivity contribution is 0.0696. The van der Waals surface area contributed by atoms with Crippen LogP contribution in [0.25, 0.3) is 0 Å². The molecule has 17 heavy (non-hydrogen) atoms. The molecule has 0 saturated heterocycles. The molecule has 0 aliphatic heterocycles. The molecule has 94 valence electrons. The largest absolute Gasteiger partial charge is 0.478 e. The summed E-state index contributed by atoms with van der Waals surface area (Å²) < 4.78 is 0.605. The van der Waals surface area contributed by atoms with Crippen molar-refractivity contribution in [3.8, 4) is 0 Å². The van der Waals surface area contributed by atoms with Crippen LogP contribution in [0.3, 0.4) is 0 Å². The lowest BCUT2D eigenvalue weighted by atomic mass is 10.0. The first-order chi connectivity index (χ1) is 7.95. The van der Waals surface area contributed by atoms with Gasteiger partial charge in [0.15, 0.2) is 0 Å². The molecule has 0 aromatic heterocycles. The average molecular weight is 300 g/mol. The van der Waals surface area contributed by atoms with E-state index in [-0.39, 0.29) is 5.56 Å². The first kappa shape index (κ1) is 14.0. The molecule has 0 amide bonds. The van der Waals surface area contributed by atoms with Crippen LogP contribution < -0.4 is 5.32 Å². The van der Waals surface area contributed by atoms with Gasteiger partial charge in [-0.15, -0.1) is 0 Å². The highest BCUT2D eigenvalue weighted by atomic mass is 79.9. The van der Waals surface area contributed by atoms with E-state index in [1.54, 1.807) is 12.1 Å². The Kier molecular flexibility index (Phi) is 5.00. The van der Waals surface area contributed by atoms with Crippen molar-refractivity contribution >= 4 is 27.6 Å².